The molecule has 1 saturated carbocycles. The molecule has 0 spiro atoms. The highest BCUT2D eigenvalue weighted by Crippen LogP contribution is 2.44. The summed E-state index contributed by atoms with van der Waals surface area (Å²) in [4.78, 5) is 11.7. The topological polar surface area (TPSA) is 70.6 Å². The van der Waals surface area contributed by atoms with Crippen LogP contribution in [-0.2, 0) is 0 Å². The molecule has 0 aromatic heterocycles. The number of urea groups is 1. The van der Waals surface area contributed by atoms with E-state index >= 15 is 0 Å². The van der Waals surface area contributed by atoms with Crippen molar-refractivity contribution >= 4 is 11.7 Å². The van der Waals surface area contributed by atoms with E-state index in [0.29, 0.717) is 18.8 Å². The SMILES string of the molecule is CCOc1cccc(NC(=O)NCC2(CO)CC2)c1. The highest BCUT2D eigenvalue weighted by molar-refractivity contribution is 5.89. The standard InChI is InChI=1S/C14H20N2O3/c1-2-19-12-5-3-4-11(8-12)16-13(18)15-9-14(10-17)6-7-14/h3-5,8,17H,2,6-7,9-10H2,1H3,(H2,15,16,18). The Hall–Kier alpha value is -1.75. The van der Waals surface area contributed by atoms with Crippen molar-refractivity contribution in [1.29, 1.82) is 0 Å². The Balaban J connectivity index is 1.83. The molecule has 1 fully saturated rings. The third-order valence-corrected chi connectivity index (χ3v) is 3.32. The molecule has 1 aromatic rings. The molecule has 1 aromatic carbocycles. The zero-order valence-corrected chi connectivity index (χ0v) is 11.1. The molecule has 0 heterocycles. The van der Waals surface area contributed by atoms with E-state index in [1.54, 1.807) is 12.1 Å². The van der Waals surface area contributed by atoms with Gasteiger partial charge in [0.2, 0.25) is 0 Å². The fourth-order valence-corrected chi connectivity index (χ4v) is 1.84. The Kier molecular flexibility index (Phi) is 4.27. The maximum absolute atomic E-state index is 11.7. The van der Waals surface area contributed by atoms with Gasteiger partial charge >= 0.3 is 6.03 Å². The highest BCUT2D eigenvalue weighted by Gasteiger charge is 2.42. The van der Waals surface area contributed by atoms with Crippen LogP contribution in [0.3, 0.4) is 0 Å². The lowest BCUT2D eigenvalue weighted by Gasteiger charge is -2.13. The fraction of sp³-hybridized carbons (Fsp3) is 0.500. The first-order valence-corrected chi connectivity index (χ1v) is 6.56. The van der Waals surface area contributed by atoms with Crippen LogP contribution in [0, 0.1) is 5.41 Å². The average molecular weight is 264 g/mol. The molecular formula is C14H20N2O3. The summed E-state index contributed by atoms with van der Waals surface area (Å²) >= 11 is 0. The minimum atomic E-state index is -0.256. The largest absolute Gasteiger partial charge is 0.494 e. The summed E-state index contributed by atoms with van der Waals surface area (Å²) in [6.07, 6.45) is 1.95. The van der Waals surface area contributed by atoms with Crippen molar-refractivity contribution in [3.63, 3.8) is 0 Å². The van der Waals surface area contributed by atoms with Crippen LogP contribution < -0.4 is 15.4 Å². The van der Waals surface area contributed by atoms with E-state index in [4.69, 9.17) is 9.84 Å². The molecule has 2 rings (SSSR count). The van der Waals surface area contributed by atoms with Gasteiger partial charge in [-0.1, -0.05) is 6.07 Å². The van der Waals surface area contributed by atoms with Crippen molar-refractivity contribution in [2.24, 2.45) is 5.41 Å². The Morgan fingerprint density at radius 3 is 2.89 bits per heavy atom. The van der Waals surface area contributed by atoms with E-state index < -0.39 is 0 Å². The van der Waals surface area contributed by atoms with Crippen LogP contribution in [0.1, 0.15) is 19.8 Å². The summed E-state index contributed by atoms with van der Waals surface area (Å²) in [5, 5.41) is 14.7. The number of amides is 2. The van der Waals surface area contributed by atoms with Crippen LogP contribution in [0.5, 0.6) is 5.75 Å². The number of benzene rings is 1. The lowest BCUT2D eigenvalue weighted by atomic mass is 10.1. The number of carbonyl (C=O) groups excluding carboxylic acids is 1. The van der Waals surface area contributed by atoms with Crippen LogP contribution >= 0.6 is 0 Å². The van der Waals surface area contributed by atoms with E-state index in [0.717, 1.165) is 18.6 Å². The lowest BCUT2D eigenvalue weighted by Crippen LogP contribution is -2.35. The first kappa shape index (κ1) is 13.7. The molecule has 1 aliphatic rings. The molecule has 2 amide bonds. The van der Waals surface area contributed by atoms with Gasteiger partial charge in [-0.3, -0.25) is 0 Å². The molecule has 0 radical (unpaired) electrons. The summed E-state index contributed by atoms with van der Waals surface area (Å²) in [5.41, 5.74) is 0.613. The summed E-state index contributed by atoms with van der Waals surface area (Å²) in [7, 11) is 0. The summed E-state index contributed by atoms with van der Waals surface area (Å²) in [5.74, 6) is 0.731. The van der Waals surface area contributed by atoms with Gasteiger partial charge in [-0.2, -0.15) is 0 Å². The van der Waals surface area contributed by atoms with E-state index in [1.807, 2.05) is 19.1 Å². The molecule has 0 saturated heterocycles. The fourth-order valence-electron chi connectivity index (χ4n) is 1.84. The molecular weight excluding hydrogens is 244 g/mol. The number of hydrogen-bond acceptors (Lipinski definition) is 3. The van der Waals surface area contributed by atoms with Gasteiger partial charge in [0.1, 0.15) is 5.75 Å². The molecule has 5 heteroatoms. The van der Waals surface area contributed by atoms with E-state index in [1.165, 1.54) is 0 Å². The minimum absolute atomic E-state index is 0.0789. The van der Waals surface area contributed by atoms with Crippen molar-refractivity contribution < 1.29 is 14.6 Å². The van der Waals surface area contributed by atoms with Gasteiger partial charge < -0.3 is 20.5 Å². The maximum atomic E-state index is 11.7. The average Bonchev–Trinajstić information content (AvgIpc) is 3.18. The number of rotatable bonds is 6. The van der Waals surface area contributed by atoms with Crippen LogP contribution in [0.25, 0.3) is 0 Å². The molecule has 5 nitrogen and oxygen atoms in total. The Bertz CT molecular complexity index is 444. The predicted octanol–water partition coefficient (Wildman–Crippen LogP) is 1.98. The molecule has 0 unspecified atom stereocenters. The van der Waals surface area contributed by atoms with Crippen molar-refractivity contribution in [2.45, 2.75) is 19.8 Å². The first-order chi connectivity index (χ1) is 9.17. The zero-order valence-electron chi connectivity index (χ0n) is 11.1. The van der Waals surface area contributed by atoms with Crippen LogP contribution in [-0.4, -0.2) is 30.9 Å². The Morgan fingerprint density at radius 2 is 2.26 bits per heavy atom. The smallest absolute Gasteiger partial charge is 0.319 e. The van der Waals surface area contributed by atoms with Crippen molar-refractivity contribution in [2.75, 3.05) is 25.1 Å². The number of aliphatic hydroxyl groups is 1. The van der Waals surface area contributed by atoms with Crippen LogP contribution in [0.2, 0.25) is 0 Å². The van der Waals surface area contributed by atoms with Gasteiger partial charge in [0.15, 0.2) is 0 Å². The quantitative estimate of drug-likeness (QED) is 0.735. The van der Waals surface area contributed by atoms with E-state index in [-0.39, 0.29) is 18.1 Å². The van der Waals surface area contributed by atoms with Crippen LogP contribution in [0.4, 0.5) is 10.5 Å². The number of nitrogens with one attached hydrogen (secondary N) is 2. The third kappa shape index (κ3) is 3.86. The van der Waals surface area contributed by atoms with Crippen molar-refractivity contribution in [3.8, 4) is 5.75 Å². The summed E-state index contributed by atoms with van der Waals surface area (Å²) < 4.78 is 5.36. The second kappa shape index (κ2) is 5.93. The first-order valence-electron chi connectivity index (χ1n) is 6.56. The molecule has 0 aliphatic heterocycles. The maximum Gasteiger partial charge on any atom is 0.319 e. The molecule has 104 valence electrons. The predicted molar refractivity (Wildman–Crippen MR) is 73.4 cm³/mol. The molecule has 3 N–H and O–H groups in total. The monoisotopic (exact) mass is 264 g/mol. The highest BCUT2D eigenvalue weighted by atomic mass is 16.5. The van der Waals surface area contributed by atoms with Gasteiger partial charge in [0.05, 0.1) is 13.2 Å². The van der Waals surface area contributed by atoms with Crippen molar-refractivity contribution in [3.05, 3.63) is 24.3 Å². The van der Waals surface area contributed by atoms with Crippen molar-refractivity contribution in [1.82, 2.24) is 5.32 Å². The molecule has 19 heavy (non-hydrogen) atoms. The zero-order chi connectivity index (χ0) is 13.7. The normalized spacial score (nSPS) is 15.7. The molecule has 0 bridgehead atoms. The Morgan fingerprint density at radius 1 is 1.47 bits per heavy atom. The lowest BCUT2D eigenvalue weighted by molar-refractivity contribution is 0.206. The van der Waals surface area contributed by atoms with Gasteiger partial charge in [-0.05, 0) is 31.9 Å². The minimum Gasteiger partial charge on any atom is -0.494 e. The number of carbonyl (C=O) groups is 1. The summed E-state index contributed by atoms with van der Waals surface area (Å²) in [6, 6.07) is 7.01. The van der Waals surface area contributed by atoms with E-state index in [9.17, 15) is 4.79 Å². The van der Waals surface area contributed by atoms with Crippen LogP contribution in [0.15, 0.2) is 24.3 Å². The molecule has 1 aliphatic carbocycles. The second-order valence-corrected chi connectivity index (χ2v) is 4.93. The number of hydrogen-bond donors (Lipinski definition) is 3. The third-order valence-electron chi connectivity index (χ3n) is 3.32. The number of ether oxygens (including phenoxy) is 1. The number of aliphatic hydroxyl groups excluding tert-OH is 1. The van der Waals surface area contributed by atoms with Gasteiger partial charge in [-0.15, -0.1) is 0 Å². The van der Waals surface area contributed by atoms with Gasteiger partial charge in [0.25, 0.3) is 0 Å². The molecule has 0 atom stereocenters. The second-order valence-electron chi connectivity index (χ2n) is 4.93. The van der Waals surface area contributed by atoms with Gasteiger partial charge in [0, 0.05) is 23.7 Å². The number of anilines is 1. The summed E-state index contributed by atoms with van der Waals surface area (Å²) in [6.45, 7) is 3.15. The van der Waals surface area contributed by atoms with E-state index in [2.05, 4.69) is 10.6 Å². The Labute approximate surface area is 113 Å². The van der Waals surface area contributed by atoms with Gasteiger partial charge in [-0.25, -0.2) is 4.79 Å².